The fraction of sp³-hybridized carbons (Fsp3) is 0.562. The first-order valence-electron chi connectivity index (χ1n) is 7.41. The molecule has 0 aliphatic heterocycles. The fourth-order valence-corrected chi connectivity index (χ4v) is 2.18. The number of ether oxygens (including phenoxy) is 1. The maximum atomic E-state index is 12.1. The van der Waals surface area contributed by atoms with E-state index in [0.29, 0.717) is 10.8 Å². The van der Waals surface area contributed by atoms with E-state index < -0.39 is 6.10 Å². The first-order chi connectivity index (χ1) is 9.88. The lowest BCUT2D eigenvalue weighted by Gasteiger charge is -2.20. The second-order valence-corrected chi connectivity index (χ2v) is 5.67. The summed E-state index contributed by atoms with van der Waals surface area (Å²) in [7, 11) is 0. The summed E-state index contributed by atoms with van der Waals surface area (Å²) < 4.78 is 5.65. The van der Waals surface area contributed by atoms with Crippen molar-refractivity contribution in [3.8, 4) is 5.75 Å². The molecule has 3 N–H and O–H groups in total. The fourth-order valence-electron chi connectivity index (χ4n) is 1.95. The summed E-state index contributed by atoms with van der Waals surface area (Å²) in [6.07, 6.45) is 1.21. The van der Waals surface area contributed by atoms with Gasteiger partial charge in [0.25, 0.3) is 5.91 Å². The molecule has 1 aromatic carbocycles. The van der Waals surface area contributed by atoms with Crippen LogP contribution >= 0.6 is 11.6 Å². The molecule has 0 bridgehead atoms. The molecule has 0 saturated carbocycles. The van der Waals surface area contributed by atoms with Crippen LogP contribution in [-0.4, -0.2) is 18.1 Å². The summed E-state index contributed by atoms with van der Waals surface area (Å²) in [6, 6.07) is 5.47. The number of carbonyl (C=O) groups excluding carboxylic acids is 1. The predicted octanol–water partition coefficient (Wildman–Crippen LogP) is 3.43. The van der Waals surface area contributed by atoms with Crippen molar-refractivity contribution in [2.24, 2.45) is 5.73 Å². The second kappa shape index (κ2) is 8.25. The van der Waals surface area contributed by atoms with Gasteiger partial charge in [0, 0.05) is 12.1 Å². The molecule has 4 nitrogen and oxygen atoms in total. The average Bonchev–Trinajstić information content (AvgIpc) is 2.46. The summed E-state index contributed by atoms with van der Waals surface area (Å²) in [5.41, 5.74) is 6.74. The number of rotatable bonds is 7. The van der Waals surface area contributed by atoms with Crippen LogP contribution in [-0.2, 0) is 4.79 Å². The number of hydrogen-bond acceptors (Lipinski definition) is 3. The Kier molecular flexibility index (Phi) is 6.99. The number of halogens is 1. The van der Waals surface area contributed by atoms with Crippen molar-refractivity contribution in [1.82, 2.24) is 5.32 Å². The number of carbonyl (C=O) groups is 1. The summed E-state index contributed by atoms with van der Waals surface area (Å²) >= 11 is 6.17. The van der Waals surface area contributed by atoms with E-state index in [-0.39, 0.29) is 18.0 Å². The van der Waals surface area contributed by atoms with E-state index >= 15 is 0 Å². The lowest BCUT2D eigenvalue weighted by molar-refractivity contribution is -0.128. The highest BCUT2D eigenvalue weighted by Gasteiger charge is 2.18. The number of nitrogens with one attached hydrogen (secondary N) is 1. The van der Waals surface area contributed by atoms with Crippen LogP contribution in [0.1, 0.15) is 52.1 Å². The molecule has 118 valence electrons. The highest BCUT2D eigenvalue weighted by Crippen LogP contribution is 2.28. The minimum absolute atomic E-state index is 0.0906. The minimum Gasteiger partial charge on any atom is -0.479 e. The van der Waals surface area contributed by atoms with Crippen LogP contribution in [0.2, 0.25) is 5.02 Å². The van der Waals surface area contributed by atoms with Gasteiger partial charge in [-0.05, 0) is 44.4 Å². The van der Waals surface area contributed by atoms with Crippen LogP contribution in [0.15, 0.2) is 18.2 Å². The minimum atomic E-state index is -0.593. The molecule has 0 heterocycles. The molecule has 0 aromatic heterocycles. The second-order valence-electron chi connectivity index (χ2n) is 5.26. The molecule has 1 aromatic rings. The van der Waals surface area contributed by atoms with E-state index in [0.717, 1.165) is 18.4 Å². The molecule has 0 saturated heterocycles. The summed E-state index contributed by atoms with van der Waals surface area (Å²) in [5, 5.41) is 3.42. The van der Waals surface area contributed by atoms with Gasteiger partial charge in [-0.3, -0.25) is 4.79 Å². The molecule has 2 atom stereocenters. The summed E-state index contributed by atoms with van der Waals surface area (Å²) in [6.45, 7) is 7.69. The largest absolute Gasteiger partial charge is 0.479 e. The Labute approximate surface area is 132 Å². The van der Waals surface area contributed by atoms with Crippen LogP contribution in [0.4, 0.5) is 0 Å². The first-order valence-corrected chi connectivity index (χ1v) is 7.78. The quantitative estimate of drug-likeness (QED) is 0.810. The Morgan fingerprint density at radius 2 is 1.95 bits per heavy atom. The number of hydrogen-bond donors (Lipinski definition) is 2. The van der Waals surface area contributed by atoms with Gasteiger partial charge in [-0.15, -0.1) is 0 Å². The van der Waals surface area contributed by atoms with Crippen molar-refractivity contribution in [2.45, 2.75) is 58.7 Å². The van der Waals surface area contributed by atoms with Gasteiger partial charge in [0.15, 0.2) is 6.10 Å². The number of benzene rings is 1. The van der Waals surface area contributed by atoms with Gasteiger partial charge in [0.1, 0.15) is 5.75 Å². The third-order valence-electron chi connectivity index (χ3n) is 3.49. The zero-order valence-corrected chi connectivity index (χ0v) is 13.9. The topological polar surface area (TPSA) is 64.3 Å². The van der Waals surface area contributed by atoms with Crippen molar-refractivity contribution in [3.63, 3.8) is 0 Å². The smallest absolute Gasteiger partial charge is 0.260 e. The Balaban J connectivity index is 2.70. The number of amides is 1. The third-order valence-corrected chi connectivity index (χ3v) is 3.78. The Morgan fingerprint density at radius 3 is 2.43 bits per heavy atom. The molecule has 5 heteroatoms. The molecular formula is C16H25ClN2O2. The van der Waals surface area contributed by atoms with E-state index in [2.05, 4.69) is 5.32 Å². The van der Waals surface area contributed by atoms with Gasteiger partial charge in [0.05, 0.1) is 5.02 Å². The van der Waals surface area contributed by atoms with Crippen LogP contribution in [0.3, 0.4) is 0 Å². The van der Waals surface area contributed by atoms with E-state index in [9.17, 15) is 4.79 Å². The lowest BCUT2D eigenvalue weighted by atomic mass is 10.1. The monoisotopic (exact) mass is 312 g/mol. The van der Waals surface area contributed by atoms with Crippen molar-refractivity contribution >= 4 is 17.5 Å². The van der Waals surface area contributed by atoms with Gasteiger partial charge in [-0.25, -0.2) is 0 Å². The predicted molar refractivity (Wildman–Crippen MR) is 86.7 cm³/mol. The van der Waals surface area contributed by atoms with Gasteiger partial charge in [-0.2, -0.15) is 0 Å². The number of nitrogens with two attached hydrogens (primary N) is 1. The molecular weight excluding hydrogens is 288 g/mol. The molecule has 0 radical (unpaired) electrons. The summed E-state index contributed by atoms with van der Waals surface area (Å²) in [5.74, 6) is 0.365. The van der Waals surface area contributed by atoms with E-state index in [1.165, 1.54) is 0 Å². The maximum Gasteiger partial charge on any atom is 0.260 e. The molecule has 0 fully saturated rings. The Morgan fingerprint density at radius 1 is 1.33 bits per heavy atom. The van der Waals surface area contributed by atoms with E-state index in [4.69, 9.17) is 22.1 Å². The molecule has 1 unspecified atom stereocenters. The van der Waals surface area contributed by atoms with Crippen molar-refractivity contribution in [3.05, 3.63) is 28.8 Å². The third kappa shape index (κ3) is 5.21. The van der Waals surface area contributed by atoms with Crippen LogP contribution in [0.25, 0.3) is 0 Å². The molecule has 0 spiro atoms. The van der Waals surface area contributed by atoms with Gasteiger partial charge >= 0.3 is 0 Å². The standard InChI is InChI=1S/C16H25ClN2O2/c1-5-13(6-2)19-16(20)11(4)21-15-8-7-12(10(3)18)9-14(15)17/h7-11,13H,5-6,18H2,1-4H3,(H,19,20)/t10-,11?/m0/s1. The van der Waals surface area contributed by atoms with Crippen LogP contribution in [0.5, 0.6) is 5.75 Å². The first kappa shape index (κ1) is 17.8. The van der Waals surface area contributed by atoms with E-state index in [1.807, 2.05) is 26.8 Å². The normalized spacial score (nSPS) is 13.9. The van der Waals surface area contributed by atoms with Gasteiger partial charge < -0.3 is 15.8 Å². The maximum absolute atomic E-state index is 12.1. The highest BCUT2D eigenvalue weighted by molar-refractivity contribution is 6.32. The SMILES string of the molecule is CCC(CC)NC(=O)C(C)Oc1ccc([C@H](C)N)cc1Cl. The van der Waals surface area contributed by atoms with Crippen LogP contribution in [0, 0.1) is 0 Å². The van der Waals surface area contributed by atoms with Crippen molar-refractivity contribution < 1.29 is 9.53 Å². The molecule has 1 rings (SSSR count). The molecule has 0 aliphatic carbocycles. The summed E-state index contributed by atoms with van der Waals surface area (Å²) in [4.78, 5) is 12.1. The Bertz CT molecular complexity index is 473. The zero-order chi connectivity index (χ0) is 16.0. The van der Waals surface area contributed by atoms with Crippen molar-refractivity contribution in [1.29, 1.82) is 0 Å². The van der Waals surface area contributed by atoms with Crippen molar-refractivity contribution in [2.75, 3.05) is 0 Å². The molecule has 0 aliphatic rings. The van der Waals surface area contributed by atoms with Gasteiger partial charge in [-0.1, -0.05) is 31.5 Å². The van der Waals surface area contributed by atoms with Crippen LogP contribution < -0.4 is 15.8 Å². The van der Waals surface area contributed by atoms with Gasteiger partial charge in [0.2, 0.25) is 0 Å². The lowest BCUT2D eigenvalue weighted by Crippen LogP contribution is -2.42. The average molecular weight is 313 g/mol. The Hall–Kier alpha value is -1.26. The zero-order valence-electron chi connectivity index (χ0n) is 13.2. The molecule has 21 heavy (non-hydrogen) atoms. The molecule has 1 amide bonds. The highest BCUT2D eigenvalue weighted by atomic mass is 35.5. The van der Waals surface area contributed by atoms with E-state index in [1.54, 1.807) is 19.1 Å².